The second kappa shape index (κ2) is 7.96. The number of ether oxygens (including phenoxy) is 1. The van der Waals surface area contributed by atoms with Gasteiger partial charge in [-0.05, 0) is 37.3 Å². The van der Waals surface area contributed by atoms with Gasteiger partial charge in [-0.3, -0.25) is 4.79 Å². The largest absolute Gasteiger partial charge is 0.379 e. The molecule has 0 radical (unpaired) electrons. The molecule has 0 aliphatic carbocycles. The van der Waals surface area contributed by atoms with Gasteiger partial charge in [0.2, 0.25) is 0 Å². The molecule has 0 unspecified atom stereocenters. The average molecular weight is 303 g/mol. The lowest BCUT2D eigenvalue weighted by Crippen LogP contribution is -2.25. The number of nitrogens with one attached hydrogen (secondary N) is 1. The summed E-state index contributed by atoms with van der Waals surface area (Å²) in [7, 11) is 0. The van der Waals surface area contributed by atoms with E-state index in [4.69, 9.17) is 4.74 Å². The minimum atomic E-state index is -0.00611. The minimum Gasteiger partial charge on any atom is -0.379 e. The van der Waals surface area contributed by atoms with E-state index in [0.29, 0.717) is 13.2 Å². The van der Waals surface area contributed by atoms with Gasteiger partial charge in [0.1, 0.15) is 0 Å². The summed E-state index contributed by atoms with van der Waals surface area (Å²) in [6, 6.07) is 12.0. The molecule has 21 heavy (non-hydrogen) atoms. The molecular formula is C17H21NO2S. The lowest BCUT2D eigenvalue weighted by molar-refractivity contribution is 0.0757. The monoisotopic (exact) mass is 303 g/mol. The number of carbonyl (C=O) groups excluding carboxylic acids is 1. The third-order valence-electron chi connectivity index (χ3n) is 3.01. The molecule has 1 aromatic carbocycles. The summed E-state index contributed by atoms with van der Waals surface area (Å²) in [5.74, 6) is -0.00611. The highest BCUT2D eigenvalue weighted by molar-refractivity contribution is 7.12. The Morgan fingerprint density at radius 1 is 1.24 bits per heavy atom. The molecule has 1 heterocycles. The van der Waals surface area contributed by atoms with Gasteiger partial charge in [0.05, 0.1) is 11.0 Å². The van der Waals surface area contributed by atoms with E-state index in [1.54, 1.807) is 0 Å². The van der Waals surface area contributed by atoms with E-state index in [-0.39, 0.29) is 12.0 Å². The summed E-state index contributed by atoms with van der Waals surface area (Å²) >= 11 is 1.48. The molecule has 0 saturated heterocycles. The van der Waals surface area contributed by atoms with Crippen LogP contribution in [0.4, 0.5) is 0 Å². The standard InChI is InChI=1S/C17H21NO2S/c1-13(2)20-11-6-10-18-17(19)16-15(9-12-21-16)14-7-4-3-5-8-14/h3-5,7-9,12-13H,6,10-11H2,1-2H3,(H,18,19). The zero-order valence-electron chi connectivity index (χ0n) is 12.5. The summed E-state index contributed by atoms with van der Waals surface area (Å²) < 4.78 is 5.46. The van der Waals surface area contributed by atoms with Crippen molar-refractivity contribution in [2.24, 2.45) is 0 Å². The number of benzene rings is 1. The molecule has 0 saturated carbocycles. The predicted molar refractivity (Wildman–Crippen MR) is 87.8 cm³/mol. The molecule has 2 aromatic rings. The summed E-state index contributed by atoms with van der Waals surface area (Å²) in [5.41, 5.74) is 2.07. The number of carbonyl (C=O) groups is 1. The Bertz CT molecular complexity index is 563. The number of hydrogen-bond donors (Lipinski definition) is 1. The van der Waals surface area contributed by atoms with Crippen LogP contribution < -0.4 is 5.32 Å². The van der Waals surface area contributed by atoms with Crippen LogP contribution in [-0.4, -0.2) is 25.2 Å². The van der Waals surface area contributed by atoms with Crippen LogP contribution in [0.1, 0.15) is 29.9 Å². The first-order valence-electron chi connectivity index (χ1n) is 7.21. The third-order valence-corrected chi connectivity index (χ3v) is 3.93. The maximum Gasteiger partial charge on any atom is 0.261 e. The number of thiophene rings is 1. The molecule has 0 aliphatic rings. The number of rotatable bonds is 7. The summed E-state index contributed by atoms with van der Waals surface area (Å²) in [5, 5.41) is 4.92. The van der Waals surface area contributed by atoms with Crippen LogP contribution in [0.3, 0.4) is 0 Å². The highest BCUT2D eigenvalue weighted by Gasteiger charge is 2.13. The van der Waals surface area contributed by atoms with E-state index >= 15 is 0 Å². The molecule has 0 spiro atoms. The van der Waals surface area contributed by atoms with Crippen molar-refractivity contribution in [2.75, 3.05) is 13.2 Å². The zero-order valence-corrected chi connectivity index (χ0v) is 13.3. The molecule has 1 aromatic heterocycles. The second-order valence-corrected chi connectivity index (χ2v) is 5.97. The molecule has 0 aliphatic heterocycles. The lowest BCUT2D eigenvalue weighted by Gasteiger charge is -2.08. The van der Waals surface area contributed by atoms with Gasteiger partial charge in [0.15, 0.2) is 0 Å². The minimum absolute atomic E-state index is 0.00611. The van der Waals surface area contributed by atoms with E-state index in [0.717, 1.165) is 22.4 Å². The van der Waals surface area contributed by atoms with E-state index in [9.17, 15) is 4.79 Å². The molecule has 4 heteroatoms. The van der Waals surface area contributed by atoms with E-state index in [1.165, 1.54) is 11.3 Å². The van der Waals surface area contributed by atoms with Crippen molar-refractivity contribution in [3.63, 3.8) is 0 Å². The molecule has 0 fully saturated rings. The van der Waals surface area contributed by atoms with E-state index in [2.05, 4.69) is 5.32 Å². The molecule has 1 amide bonds. The first-order chi connectivity index (χ1) is 10.2. The van der Waals surface area contributed by atoms with Gasteiger partial charge in [-0.1, -0.05) is 30.3 Å². The van der Waals surface area contributed by atoms with Gasteiger partial charge >= 0.3 is 0 Å². The predicted octanol–water partition coefficient (Wildman–Crippen LogP) is 3.96. The van der Waals surface area contributed by atoms with Crippen LogP contribution in [-0.2, 0) is 4.74 Å². The van der Waals surface area contributed by atoms with Crippen molar-refractivity contribution < 1.29 is 9.53 Å². The Labute approximate surface area is 130 Å². The Balaban J connectivity index is 1.91. The second-order valence-electron chi connectivity index (χ2n) is 5.06. The highest BCUT2D eigenvalue weighted by Crippen LogP contribution is 2.27. The van der Waals surface area contributed by atoms with Gasteiger partial charge < -0.3 is 10.1 Å². The molecular weight excluding hydrogens is 282 g/mol. The summed E-state index contributed by atoms with van der Waals surface area (Å²) in [6.07, 6.45) is 1.07. The fourth-order valence-electron chi connectivity index (χ4n) is 2.00. The fraction of sp³-hybridized carbons (Fsp3) is 0.353. The van der Waals surface area contributed by atoms with E-state index < -0.39 is 0 Å². The van der Waals surface area contributed by atoms with Crippen molar-refractivity contribution in [2.45, 2.75) is 26.4 Å². The Morgan fingerprint density at radius 2 is 2.00 bits per heavy atom. The molecule has 0 bridgehead atoms. The molecule has 0 atom stereocenters. The Kier molecular flexibility index (Phi) is 5.96. The average Bonchev–Trinajstić information content (AvgIpc) is 2.97. The van der Waals surface area contributed by atoms with Crippen LogP contribution in [0.5, 0.6) is 0 Å². The smallest absolute Gasteiger partial charge is 0.261 e. The molecule has 2 rings (SSSR count). The van der Waals surface area contributed by atoms with Crippen LogP contribution in [0.2, 0.25) is 0 Å². The van der Waals surface area contributed by atoms with Gasteiger partial charge in [-0.2, -0.15) is 0 Å². The molecule has 112 valence electrons. The highest BCUT2D eigenvalue weighted by atomic mass is 32.1. The molecule has 1 N–H and O–H groups in total. The normalized spacial score (nSPS) is 10.8. The van der Waals surface area contributed by atoms with Crippen molar-refractivity contribution in [1.29, 1.82) is 0 Å². The quantitative estimate of drug-likeness (QED) is 0.786. The Hall–Kier alpha value is -1.65. The SMILES string of the molecule is CC(C)OCCCNC(=O)c1sccc1-c1ccccc1. The third kappa shape index (κ3) is 4.69. The van der Waals surface area contributed by atoms with E-state index in [1.807, 2.05) is 55.6 Å². The van der Waals surface area contributed by atoms with Gasteiger partial charge in [0.25, 0.3) is 5.91 Å². The van der Waals surface area contributed by atoms with Crippen molar-refractivity contribution in [3.8, 4) is 11.1 Å². The van der Waals surface area contributed by atoms with Crippen molar-refractivity contribution in [3.05, 3.63) is 46.7 Å². The van der Waals surface area contributed by atoms with Gasteiger partial charge in [-0.25, -0.2) is 0 Å². The fourth-order valence-corrected chi connectivity index (χ4v) is 2.84. The van der Waals surface area contributed by atoms with Gasteiger partial charge in [0, 0.05) is 18.7 Å². The van der Waals surface area contributed by atoms with Gasteiger partial charge in [-0.15, -0.1) is 11.3 Å². The van der Waals surface area contributed by atoms with Crippen LogP contribution in [0.25, 0.3) is 11.1 Å². The maximum atomic E-state index is 12.3. The van der Waals surface area contributed by atoms with Crippen LogP contribution in [0.15, 0.2) is 41.8 Å². The topological polar surface area (TPSA) is 38.3 Å². The maximum absolute atomic E-state index is 12.3. The van der Waals surface area contributed by atoms with Crippen LogP contribution in [0, 0.1) is 0 Å². The summed E-state index contributed by atoms with van der Waals surface area (Å²) in [6.45, 7) is 5.33. The lowest BCUT2D eigenvalue weighted by atomic mass is 10.1. The van der Waals surface area contributed by atoms with Crippen molar-refractivity contribution >= 4 is 17.2 Å². The number of amides is 1. The van der Waals surface area contributed by atoms with Crippen molar-refractivity contribution in [1.82, 2.24) is 5.32 Å². The first kappa shape index (κ1) is 15.7. The van der Waals surface area contributed by atoms with Crippen LogP contribution >= 0.6 is 11.3 Å². The summed E-state index contributed by atoms with van der Waals surface area (Å²) in [4.78, 5) is 13.0. The Morgan fingerprint density at radius 3 is 2.71 bits per heavy atom. The molecule has 3 nitrogen and oxygen atoms in total. The first-order valence-corrected chi connectivity index (χ1v) is 8.09. The zero-order chi connectivity index (χ0) is 15.1. The number of hydrogen-bond acceptors (Lipinski definition) is 3.